The molecule has 0 saturated carbocycles. The van der Waals surface area contributed by atoms with E-state index in [0.29, 0.717) is 6.17 Å². The lowest BCUT2D eigenvalue weighted by Crippen LogP contribution is -2.36. The fraction of sp³-hybridized carbons (Fsp3) is 0.762. The van der Waals surface area contributed by atoms with Crippen molar-refractivity contribution in [2.24, 2.45) is 0 Å². The minimum atomic E-state index is -0.0233. The zero-order valence-electron chi connectivity index (χ0n) is 17.2. The highest BCUT2D eigenvalue weighted by Gasteiger charge is 2.15. The maximum Gasteiger partial charge on any atom is 0.314 e. The number of carbonyl (C=O) groups is 1. The first kappa shape index (κ1) is 23.9. The lowest BCUT2D eigenvalue weighted by molar-refractivity contribution is 0.240. The first-order valence-electron chi connectivity index (χ1n) is 10.8. The van der Waals surface area contributed by atoms with Crippen molar-refractivity contribution in [1.29, 1.82) is 0 Å². The Balaban J connectivity index is 1.77. The molecule has 0 aromatic carbocycles. The molecule has 1 aliphatic rings. The van der Waals surface area contributed by atoms with Crippen molar-refractivity contribution in [1.82, 2.24) is 20.7 Å². The van der Waals surface area contributed by atoms with E-state index in [9.17, 15) is 4.79 Å². The number of hydrogen-bond donors (Lipinski definition) is 4. The summed E-state index contributed by atoms with van der Waals surface area (Å²) < 4.78 is 3.33. The summed E-state index contributed by atoms with van der Waals surface area (Å²) >= 11 is 1.61. The third-order valence-corrected chi connectivity index (χ3v) is 5.36. The third kappa shape index (κ3) is 14.6. The van der Waals surface area contributed by atoms with E-state index in [1.165, 1.54) is 51.4 Å². The molecule has 0 spiro atoms. The Morgan fingerprint density at radius 1 is 1.00 bits per heavy atom. The van der Waals surface area contributed by atoms with Crippen LogP contribution < -0.4 is 20.7 Å². The van der Waals surface area contributed by atoms with Crippen LogP contribution in [-0.2, 0) is 0 Å². The van der Waals surface area contributed by atoms with Gasteiger partial charge in [0.25, 0.3) is 0 Å². The number of unbranched alkanes of at least 4 members (excludes halogenated alkanes) is 8. The highest BCUT2D eigenvalue weighted by atomic mass is 32.2. The standard InChI is InChI=1S/C21H40N4OS/c1-3-4-14-17-22-21(26)23-18-15-12-10-8-6-5-7-9-11-13-16-20-24-19(2)27-25-20/h6,8,20,24-25H,2-5,7,9-18H2,1H3,(H2,22,23,26)/b8-6-. The van der Waals surface area contributed by atoms with Crippen molar-refractivity contribution in [2.75, 3.05) is 13.1 Å². The maximum absolute atomic E-state index is 11.5. The predicted octanol–water partition coefficient (Wildman–Crippen LogP) is 5.18. The van der Waals surface area contributed by atoms with Gasteiger partial charge in [0.05, 0.1) is 11.2 Å². The summed E-state index contributed by atoms with van der Waals surface area (Å²) in [6, 6.07) is -0.0233. The lowest BCUT2D eigenvalue weighted by atomic mass is 10.1. The molecule has 4 N–H and O–H groups in total. The van der Waals surface area contributed by atoms with Gasteiger partial charge >= 0.3 is 6.03 Å². The average Bonchev–Trinajstić information content (AvgIpc) is 3.08. The molecular formula is C21H40N4OS. The van der Waals surface area contributed by atoms with Crippen LogP contribution in [0.15, 0.2) is 23.8 Å². The Morgan fingerprint density at radius 3 is 2.26 bits per heavy atom. The SMILES string of the molecule is C=C1NC(CCCCCC/C=C\CCCCNC(=O)NCCCCC)NS1. The normalized spacial score (nSPS) is 16.6. The molecule has 1 unspecified atom stereocenters. The molecule has 5 nitrogen and oxygen atoms in total. The van der Waals surface area contributed by atoms with Crippen molar-refractivity contribution in [3.8, 4) is 0 Å². The summed E-state index contributed by atoms with van der Waals surface area (Å²) in [5.74, 6) is 0. The molecule has 2 amide bonds. The topological polar surface area (TPSA) is 65.2 Å². The van der Waals surface area contributed by atoms with E-state index >= 15 is 0 Å². The van der Waals surface area contributed by atoms with E-state index in [0.717, 1.165) is 43.8 Å². The van der Waals surface area contributed by atoms with Crippen LogP contribution in [0, 0.1) is 0 Å². The number of hydrogen-bond acceptors (Lipinski definition) is 4. The zero-order chi connectivity index (χ0) is 19.6. The minimum absolute atomic E-state index is 0.0233. The van der Waals surface area contributed by atoms with E-state index in [4.69, 9.17) is 0 Å². The van der Waals surface area contributed by atoms with Crippen LogP contribution >= 0.6 is 11.9 Å². The molecule has 1 fully saturated rings. The monoisotopic (exact) mass is 396 g/mol. The van der Waals surface area contributed by atoms with Crippen LogP contribution in [0.2, 0.25) is 0 Å². The van der Waals surface area contributed by atoms with Gasteiger partial charge in [0.1, 0.15) is 0 Å². The minimum Gasteiger partial charge on any atom is -0.363 e. The quantitative estimate of drug-likeness (QED) is 0.165. The van der Waals surface area contributed by atoms with Gasteiger partial charge in [-0.1, -0.05) is 57.8 Å². The second-order valence-corrected chi connectivity index (χ2v) is 8.12. The molecule has 1 saturated heterocycles. The van der Waals surface area contributed by atoms with Crippen molar-refractivity contribution in [3.05, 3.63) is 23.8 Å². The molecule has 0 bridgehead atoms. The van der Waals surface area contributed by atoms with Crippen LogP contribution in [0.4, 0.5) is 4.79 Å². The summed E-state index contributed by atoms with van der Waals surface area (Å²) in [6.45, 7) is 7.62. The Morgan fingerprint density at radius 2 is 1.63 bits per heavy atom. The van der Waals surface area contributed by atoms with Gasteiger partial charge in [-0.3, -0.25) is 0 Å². The molecule has 156 valence electrons. The molecule has 6 heteroatoms. The Labute approximate surface area is 170 Å². The summed E-state index contributed by atoms with van der Waals surface area (Å²) in [6.07, 6.45) is 19.2. The number of amides is 2. The lowest BCUT2D eigenvalue weighted by Gasteiger charge is -2.09. The number of carbonyl (C=O) groups excluding carboxylic acids is 1. The fourth-order valence-electron chi connectivity index (χ4n) is 2.96. The number of rotatable bonds is 16. The second-order valence-electron chi connectivity index (χ2n) is 7.19. The first-order valence-corrected chi connectivity index (χ1v) is 11.6. The van der Waals surface area contributed by atoms with Crippen LogP contribution in [0.3, 0.4) is 0 Å². The van der Waals surface area contributed by atoms with Crippen molar-refractivity contribution in [2.45, 2.75) is 90.1 Å². The maximum atomic E-state index is 11.5. The molecule has 0 aromatic heterocycles. The zero-order valence-corrected chi connectivity index (χ0v) is 18.0. The van der Waals surface area contributed by atoms with Gasteiger partial charge in [-0.05, 0) is 56.9 Å². The smallest absolute Gasteiger partial charge is 0.314 e. The van der Waals surface area contributed by atoms with Gasteiger partial charge in [0.2, 0.25) is 0 Å². The van der Waals surface area contributed by atoms with Gasteiger partial charge in [-0.15, -0.1) is 0 Å². The van der Waals surface area contributed by atoms with Gasteiger partial charge in [0, 0.05) is 13.1 Å². The van der Waals surface area contributed by atoms with Crippen molar-refractivity contribution in [3.63, 3.8) is 0 Å². The summed E-state index contributed by atoms with van der Waals surface area (Å²) in [4.78, 5) is 11.5. The van der Waals surface area contributed by atoms with Crippen LogP contribution in [0.1, 0.15) is 84.0 Å². The summed E-state index contributed by atoms with van der Waals surface area (Å²) in [5, 5.41) is 10.2. The highest BCUT2D eigenvalue weighted by Crippen LogP contribution is 2.18. The largest absolute Gasteiger partial charge is 0.363 e. The van der Waals surface area contributed by atoms with E-state index in [2.05, 4.69) is 46.3 Å². The molecule has 1 aliphatic heterocycles. The number of nitrogens with one attached hydrogen (secondary N) is 4. The Kier molecular flexibility index (Phi) is 15.0. The second kappa shape index (κ2) is 17.0. The summed E-state index contributed by atoms with van der Waals surface area (Å²) in [7, 11) is 0. The first-order chi connectivity index (χ1) is 13.2. The van der Waals surface area contributed by atoms with Crippen molar-refractivity contribution < 1.29 is 4.79 Å². The van der Waals surface area contributed by atoms with E-state index in [1.54, 1.807) is 11.9 Å². The van der Waals surface area contributed by atoms with Crippen LogP contribution in [0.25, 0.3) is 0 Å². The number of allylic oxidation sites excluding steroid dienone is 2. The highest BCUT2D eigenvalue weighted by molar-refractivity contribution is 8.01. The van der Waals surface area contributed by atoms with E-state index < -0.39 is 0 Å². The van der Waals surface area contributed by atoms with Crippen LogP contribution in [0.5, 0.6) is 0 Å². The molecule has 1 rings (SSSR count). The van der Waals surface area contributed by atoms with E-state index in [1.807, 2.05) is 0 Å². The molecule has 0 radical (unpaired) electrons. The molecular weight excluding hydrogens is 356 g/mol. The van der Waals surface area contributed by atoms with Gasteiger partial charge in [-0.2, -0.15) is 0 Å². The molecule has 0 aliphatic carbocycles. The average molecular weight is 397 g/mol. The molecule has 1 heterocycles. The predicted molar refractivity (Wildman–Crippen MR) is 118 cm³/mol. The van der Waals surface area contributed by atoms with Gasteiger partial charge in [0.15, 0.2) is 0 Å². The summed E-state index contributed by atoms with van der Waals surface area (Å²) in [5.41, 5.74) is 0. The molecule has 1 atom stereocenters. The molecule has 27 heavy (non-hydrogen) atoms. The van der Waals surface area contributed by atoms with E-state index in [-0.39, 0.29) is 6.03 Å². The molecule has 0 aromatic rings. The Bertz CT molecular complexity index is 428. The number of urea groups is 1. The van der Waals surface area contributed by atoms with Crippen molar-refractivity contribution >= 4 is 18.0 Å². The Hall–Kier alpha value is -1.14. The third-order valence-electron chi connectivity index (χ3n) is 4.59. The van der Waals surface area contributed by atoms with Gasteiger partial charge < -0.3 is 16.0 Å². The fourth-order valence-corrected chi connectivity index (χ4v) is 3.62. The van der Waals surface area contributed by atoms with Gasteiger partial charge in [-0.25, -0.2) is 9.52 Å². The van der Waals surface area contributed by atoms with Crippen LogP contribution in [-0.4, -0.2) is 25.3 Å².